The Morgan fingerprint density at radius 2 is 2.33 bits per heavy atom. The Hall–Kier alpha value is -0.770. The second-order valence-corrected chi connectivity index (χ2v) is 4.97. The molecule has 1 aliphatic rings. The molecule has 1 fully saturated rings. The maximum atomic E-state index is 12.1. The van der Waals surface area contributed by atoms with Gasteiger partial charge in [-0.05, 0) is 40.5 Å². The summed E-state index contributed by atoms with van der Waals surface area (Å²) in [6.45, 7) is 3.25. The van der Waals surface area contributed by atoms with Gasteiger partial charge in [-0.25, -0.2) is 4.79 Å². The number of hydrogen-bond acceptors (Lipinski definition) is 3. The molecular formula is C11H22N2O2. The summed E-state index contributed by atoms with van der Waals surface area (Å²) in [7, 11) is 0. The topological polar surface area (TPSA) is 55.6 Å². The van der Waals surface area contributed by atoms with Gasteiger partial charge in [0.2, 0.25) is 0 Å². The molecule has 15 heavy (non-hydrogen) atoms. The molecule has 0 radical (unpaired) electrons. The summed E-state index contributed by atoms with van der Waals surface area (Å²) in [6, 6.07) is 0. The predicted octanol–water partition coefficient (Wildman–Crippen LogP) is 1.73. The molecule has 1 rings (SSSR count). The molecule has 0 aromatic heterocycles. The summed E-state index contributed by atoms with van der Waals surface area (Å²) in [5.74, 6) is 0. The van der Waals surface area contributed by atoms with E-state index in [0.717, 1.165) is 0 Å². The molecule has 0 saturated carbocycles. The Labute approximate surface area is 96.0 Å². The summed E-state index contributed by atoms with van der Waals surface area (Å²) in [6.07, 6.45) is 0.426. The van der Waals surface area contributed by atoms with Gasteiger partial charge in [-0.15, -0.1) is 0 Å². The first-order valence-electron chi connectivity index (χ1n) is 6.74. The van der Waals surface area contributed by atoms with Crippen molar-refractivity contribution in [2.45, 2.75) is 51.6 Å². The second kappa shape index (κ2) is 4.00. The lowest BCUT2D eigenvalue weighted by molar-refractivity contribution is 0.0120. The molecule has 0 unspecified atom stereocenters. The van der Waals surface area contributed by atoms with E-state index in [1.165, 1.54) is 4.90 Å². The van der Waals surface area contributed by atoms with Gasteiger partial charge in [0, 0.05) is 17.2 Å². The molecule has 2 N–H and O–H groups in total. The lowest BCUT2D eigenvalue weighted by Crippen LogP contribution is -2.51. The predicted molar refractivity (Wildman–Crippen MR) is 59.6 cm³/mol. The maximum Gasteiger partial charge on any atom is 0.410 e. The zero-order valence-corrected chi connectivity index (χ0v) is 9.67. The van der Waals surface area contributed by atoms with E-state index in [1.807, 2.05) is 0 Å². The molecule has 0 aromatic rings. The van der Waals surface area contributed by atoms with Crippen LogP contribution in [0.25, 0.3) is 0 Å². The van der Waals surface area contributed by atoms with Crippen molar-refractivity contribution >= 4 is 6.09 Å². The molecule has 0 spiro atoms. The van der Waals surface area contributed by atoms with Crippen LogP contribution >= 0.6 is 0 Å². The van der Waals surface area contributed by atoms with Crippen LogP contribution in [-0.2, 0) is 4.74 Å². The summed E-state index contributed by atoms with van der Waals surface area (Å²) >= 11 is 0. The zero-order valence-electron chi connectivity index (χ0n) is 12.7. The van der Waals surface area contributed by atoms with Crippen LogP contribution in [0.2, 0.25) is 0 Å². The maximum absolute atomic E-state index is 12.1. The minimum Gasteiger partial charge on any atom is -0.444 e. The second-order valence-electron chi connectivity index (χ2n) is 4.97. The Kier molecular flexibility index (Phi) is 2.24. The first kappa shape index (κ1) is 8.39. The van der Waals surface area contributed by atoms with Crippen LogP contribution in [0.3, 0.4) is 0 Å². The minimum atomic E-state index is -2.30. The van der Waals surface area contributed by atoms with Crippen molar-refractivity contribution < 1.29 is 13.6 Å². The normalized spacial score (nSPS) is 30.7. The van der Waals surface area contributed by atoms with Crippen molar-refractivity contribution in [1.82, 2.24) is 4.90 Å². The van der Waals surface area contributed by atoms with Gasteiger partial charge in [0.05, 0.1) is 5.54 Å². The smallest absolute Gasteiger partial charge is 0.410 e. The molecule has 0 aromatic carbocycles. The number of nitrogens with zero attached hydrogens (tertiary/aromatic N) is 1. The average molecular weight is 217 g/mol. The van der Waals surface area contributed by atoms with Crippen molar-refractivity contribution in [1.29, 1.82) is 0 Å². The standard InChI is InChI=1S/C11H22N2O2/c1-10(2,3)15-9(14)13-7-5-6-11(13,4)8-12/h5-8,12H2,1-4H3/t11-/m1/s1/i4D3. The van der Waals surface area contributed by atoms with Gasteiger partial charge in [-0.1, -0.05) is 0 Å². The van der Waals surface area contributed by atoms with E-state index in [9.17, 15) is 4.79 Å². The lowest BCUT2D eigenvalue weighted by atomic mass is 10.00. The first-order valence-corrected chi connectivity index (χ1v) is 5.24. The molecular weight excluding hydrogens is 192 g/mol. The molecule has 0 bridgehead atoms. The number of carbonyl (C=O) groups is 1. The van der Waals surface area contributed by atoms with Gasteiger partial charge in [0.25, 0.3) is 0 Å². The third-order valence-corrected chi connectivity index (χ3v) is 2.44. The highest BCUT2D eigenvalue weighted by Crippen LogP contribution is 2.29. The van der Waals surface area contributed by atoms with E-state index in [-0.39, 0.29) is 6.54 Å². The number of amides is 1. The largest absolute Gasteiger partial charge is 0.444 e. The summed E-state index contributed by atoms with van der Waals surface area (Å²) in [5.41, 5.74) is 3.71. The molecule has 1 amide bonds. The van der Waals surface area contributed by atoms with Crippen LogP contribution < -0.4 is 5.73 Å². The minimum absolute atomic E-state index is 0.0806. The molecule has 1 aliphatic heterocycles. The Morgan fingerprint density at radius 1 is 1.67 bits per heavy atom. The van der Waals surface area contributed by atoms with Crippen molar-refractivity contribution in [3.05, 3.63) is 0 Å². The first-order chi connectivity index (χ1) is 8.03. The van der Waals surface area contributed by atoms with E-state index >= 15 is 0 Å². The van der Waals surface area contributed by atoms with Gasteiger partial charge < -0.3 is 15.4 Å². The van der Waals surface area contributed by atoms with Crippen molar-refractivity contribution in [2.75, 3.05) is 13.1 Å². The molecule has 1 atom stereocenters. The summed E-state index contributed by atoms with van der Waals surface area (Å²) in [5, 5.41) is 0. The Morgan fingerprint density at radius 3 is 2.80 bits per heavy atom. The van der Waals surface area contributed by atoms with Crippen LogP contribution in [0, 0.1) is 0 Å². The number of hydrogen-bond donors (Lipinski definition) is 1. The quantitative estimate of drug-likeness (QED) is 0.728. The van der Waals surface area contributed by atoms with Crippen LogP contribution in [0.15, 0.2) is 0 Å². The van der Waals surface area contributed by atoms with E-state index in [2.05, 4.69) is 0 Å². The van der Waals surface area contributed by atoms with Gasteiger partial charge in [0.15, 0.2) is 0 Å². The van der Waals surface area contributed by atoms with E-state index < -0.39 is 24.1 Å². The van der Waals surface area contributed by atoms with Crippen molar-refractivity contribution in [3.8, 4) is 0 Å². The fourth-order valence-electron chi connectivity index (χ4n) is 1.67. The third-order valence-electron chi connectivity index (χ3n) is 2.44. The number of carbonyl (C=O) groups excluding carboxylic acids is 1. The van der Waals surface area contributed by atoms with Gasteiger partial charge in [-0.2, -0.15) is 0 Å². The van der Waals surface area contributed by atoms with E-state index in [4.69, 9.17) is 14.6 Å². The van der Waals surface area contributed by atoms with Crippen molar-refractivity contribution in [2.24, 2.45) is 5.73 Å². The lowest BCUT2D eigenvalue weighted by Gasteiger charge is -2.35. The molecule has 4 heteroatoms. The fraction of sp³-hybridized carbons (Fsp3) is 0.909. The SMILES string of the molecule is [2H]C([2H])([2H])[C@]1(CN)CCCN1C(=O)OC(C)(C)C. The number of likely N-dealkylation sites (tertiary alicyclic amines) is 1. The summed E-state index contributed by atoms with van der Waals surface area (Å²) in [4.78, 5) is 13.4. The van der Waals surface area contributed by atoms with Crippen LogP contribution in [0.4, 0.5) is 4.79 Å². The van der Waals surface area contributed by atoms with Crippen LogP contribution in [-0.4, -0.2) is 35.2 Å². The van der Waals surface area contributed by atoms with Gasteiger partial charge in [-0.3, -0.25) is 0 Å². The number of ether oxygens (including phenoxy) is 1. The van der Waals surface area contributed by atoms with Crippen molar-refractivity contribution in [3.63, 3.8) is 0 Å². The molecule has 4 nitrogen and oxygen atoms in total. The number of rotatable bonds is 1. The molecule has 88 valence electrons. The Bertz CT molecular complexity index is 325. The van der Waals surface area contributed by atoms with Gasteiger partial charge >= 0.3 is 6.09 Å². The van der Waals surface area contributed by atoms with Crippen LogP contribution in [0.5, 0.6) is 0 Å². The van der Waals surface area contributed by atoms with Gasteiger partial charge in [0.1, 0.15) is 5.60 Å². The number of nitrogens with two attached hydrogens (primary N) is 1. The average Bonchev–Trinajstić information content (AvgIpc) is 2.58. The zero-order chi connectivity index (χ0) is 14.2. The molecule has 1 heterocycles. The highest BCUT2D eigenvalue weighted by molar-refractivity contribution is 5.69. The highest BCUT2D eigenvalue weighted by Gasteiger charge is 2.40. The molecule has 0 aliphatic carbocycles. The fourth-order valence-corrected chi connectivity index (χ4v) is 1.67. The monoisotopic (exact) mass is 217 g/mol. The third kappa shape index (κ3) is 2.84. The molecule has 1 saturated heterocycles. The highest BCUT2D eigenvalue weighted by atomic mass is 16.6. The van der Waals surface area contributed by atoms with E-state index in [0.29, 0.717) is 19.4 Å². The van der Waals surface area contributed by atoms with Crippen LogP contribution in [0.1, 0.15) is 44.6 Å². The Balaban J connectivity index is 2.97. The summed E-state index contributed by atoms with van der Waals surface area (Å²) < 4.78 is 28.2. The van der Waals surface area contributed by atoms with E-state index in [1.54, 1.807) is 20.8 Å².